The molecule has 1 aliphatic heterocycles. The number of imidazole rings is 1. The minimum Gasteiger partial charge on any atom is -0.392 e. The average Bonchev–Trinajstić information content (AvgIpc) is 3.53. The molecule has 0 spiro atoms. The summed E-state index contributed by atoms with van der Waals surface area (Å²) in [7, 11) is -3.63. The summed E-state index contributed by atoms with van der Waals surface area (Å²) in [5, 5.41) is 9.56. The molecule has 2 N–H and O–H groups in total. The lowest BCUT2D eigenvalue weighted by molar-refractivity contribution is -0.252. The van der Waals surface area contributed by atoms with Crippen LogP contribution in [0, 0.1) is 0 Å². The van der Waals surface area contributed by atoms with E-state index < -0.39 is 16.3 Å². The first-order chi connectivity index (χ1) is 22.9. The molecule has 5 aromatic carbocycles. The molecule has 3 atom stereocenters. The Labute approximate surface area is 274 Å². The first-order valence-electron chi connectivity index (χ1n) is 15.6. The minimum absolute atomic E-state index is 0.0131. The maximum Gasteiger partial charge on any atom is 0.240 e. The number of benzene rings is 5. The third kappa shape index (κ3) is 7.05. The SMILES string of the molecule is O=S(=O)(NCc1cccc(-c2cccc(C3OC(Cn4cnc5ccccc54)CC(c4ccc(CO)cc4)O3)c2)c1)c1ccccc1. The number of para-hydroxylation sites is 2. The van der Waals surface area contributed by atoms with E-state index in [1.807, 2.05) is 91.3 Å². The molecule has 0 bridgehead atoms. The molecule has 0 saturated carbocycles. The predicted octanol–water partition coefficient (Wildman–Crippen LogP) is 6.92. The van der Waals surface area contributed by atoms with E-state index in [4.69, 9.17) is 9.47 Å². The second kappa shape index (κ2) is 13.6. The van der Waals surface area contributed by atoms with Gasteiger partial charge in [0.1, 0.15) is 0 Å². The molecule has 1 aliphatic rings. The third-order valence-corrected chi connectivity index (χ3v) is 9.90. The van der Waals surface area contributed by atoms with Crippen LogP contribution in [-0.4, -0.2) is 29.2 Å². The summed E-state index contributed by atoms with van der Waals surface area (Å²) in [6, 6.07) is 40.2. The topological polar surface area (TPSA) is 103 Å². The van der Waals surface area contributed by atoms with E-state index in [1.165, 1.54) is 0 Å². The monoisotopic (exact) mass is 645 g/mol. The van der Waals surface area contributed by atoms with Gasteiger partial charge in [-0.2, -0.15) is 0 Å². The number of rotatable bonds is 10. The van der Waals surface area contributed by atoms with E-state index >= 15 is 0 Å². The Balaban J connectivity index is 1.13. The summed E-state index contributed by atoms with van der Waals surface area (Å²) in [6.45, 7) is 0.772. The highest BCUT2D eigenvalue weighted by molar-refractivity contribution is 7.89. The molecule has 3 unspecified atom stereocenters. The van der Waals surface area contributed by atoms with Crippen LogP contribution >= 0.6 is 0 Å². The fourth-order valence-corrected chi connectivity index (χ4v) is 7.03. The van der Waals surface area contributed by atoms with Crippen molar-refractivity contribution in [2.45, 2.75) is 49.5 Å². The summed E-state index contributed by atoms with van der Waals surface area (Å²) in [5.41, 5.74) is 7.52. The van der Waals surface area contributed by atoms with Gasteiger partial charge in [-0.3, -0.25) is 0 Å². The van der Waals surface area contributed by atoms with E-state index in [2.05, 4.69) is 26.4 Å². The van der Waals surface area contributed by atoms with Crippen LogP contribution < -0.4 is 4.72 Å². The van der Waals surface area contributed by atoms with Gasteiger partial charge >= 0.3 is 0 Å². The maximum absolute atomic E-state index is 12.8. The number of fused-ring (bicyclic) bond motifs is 1. The quantitative estimate of drug-likeness (QED) is 0.168. The molecule has 2 heterocycles. The van der Waals surface area contributed by atoms with Crippen LogP contribution in [0.4, 0.5) is 0 Å². The molecule has 0 radical (unpaired) electrons. The summed E-state index contributed by atoms with van der Waals surface area (Å²) < 4.78 is 43.6. The fraction of sp³-hybridized carbons (Fsp3) is 0.184. The predicted molar refractivity (Wildman–Crippen MR) is 181 cm³/mol. The second-order valence-electron chi connectivity index (χ2n) is 11.7. The Hall–Kier alpha value is -4.64. The third-order valence-electron chi connectivity index (χ3n) is 8.48. The van der Waals surface area contributed by atoms with Crippen molar-refractivity contribution in [3.63, 3.8) is 0 Å². The van der Waals surface area contributed by atoms with Gasteiger partial charge in [0, 0.05) is 18.5 Å². The van der Waals surface area contributed by atoms with Gasteiger partial charge in [0.2, 0.25) is 10.0 Å². The van der Waals surface area contributed by atoms with Crippen molar-refractivity contribution in [2.75, 3.05) is 0 Å². The Morgan fingerprint density at radius 1 is 0.766 bits per heavy atom. The van der Waals surface area contributed by atoms with Gasteiger partial charge in [-0.15, -0.1) is 0 Å². The molecule has 1 saturated heterocycles. The smallest absolute Gasteiger partial charge is 0.240 e. The van der Waals surface area contributed by atoms with E-state index in [-0.39, 0.29) is 30.3 Å². The molecule has 8 nitrogen and oxygen atoms in total. The van der Waals surface area contributed by atoms with Gasteiger partial charge in [0.25, 0.3) is 0 Å². The highest BCUT2D eigenvalue weighted by Gasteiger charge is 2.33. The minimum atomic E-state index is -3.63. The highest BCUT2D eigenvalue weighted by atomic mass is 32.2. The first kappa shape index (κ1) is 31.0. The highest BCUT2D eigenvalue weighted by Crippen LogP contribution is 2.39. The Morgan fingerprint density at radius 2 is 1.51 bits per heavy atom. The molecule has 0 aliphatic carbocycles. The lowest BCUT2D eigenvalue weighted by Crippen LogP contribution is -2.32. The summed E-state index contributed by atoms with van der Waals surface area (Å²) in [5.74, 6) is 0. The van der Waals surface area contributed by atoms with Crippen LogP contribution in [0.15, 0.2) is 139 Å². The van der Waals surface area contributed by atoms with Crippen LogP contribution in [-0.2, 0) is 39.2 Å². The summed E-state index contributed by atoms with van der Waals surface area (Å²) in [4.78, 5) is 4.80. The molecule has 6 aromatic rings. The lowest BCUT2D eigenvalue weighted by Gasteiger charge is -2.36. The van der Waals surface area contributed by atoms with Gasteiger partial charge in [0.15, 0.2) is 6.29 Å². The van der Waals surface area contributed by atoms with Crippen LogP contribution in [0.25, 0.3) is 22.2 Å². The number of aliphatic hydroxyl groups is 1. The molecule has 1 aromatic heterocycles. The Bertz CT molecular complexity index is 2080. The van der Waals surface area contributed by atoms with Crippen LogP contribution in [0.2, 0.25) is 0 Å². The van der Waals surface area contributed by atoms with Crippen LogP contribution in [0.5, 0.6) is 0 Å². The number of ether oxygens (including phenoxy) is 2. The van der Waals surface area contributed by atoms with Gasteiger partial charge in [0.05, 0.1) is 47.6 Å². The zero-order valence-corrected chi connectivity index (χ0v) is 26.5. The van der Waals surface area contributed by atoms with Crippen molar-refractivity contribution in [3.8, 4) is 11.1 Å². The van der Waals surface area contributed by atoms with Gasteiger partial charge < -0.3 is 19.1 Å². The lowest BCUT2D eigenvalue weighted by atomic mass is 9.98. The van der Waals surface area contributed by atoms with Crippen molar-refractivity contribution in [3.05, 3.63) is 156 Å². The maximum atomic E-state index is 12.8. The van der Waals surface area contributed by atoms with E-state index in [0.717, 1.165) is 44.4 Å². The average molecular weight is 646 g/mol. The molecule has 238 valence electrons. The normalized spacial score (nSPS) is 18.4. The molecular formula is C38H35N3O5S. The number of aliphatic hydroxyl groups excluding tert-OH is 1. The van der Waals surface area contributed by atoms with Crippen molar-refractivity contribution in [1.29, 1.82) is 0 Å². The number of hydrogen-bond donors (Lipinski definition) is 2. The van der Waals surface area contributed by atoms with E-state index in [0.29, 0.717) is 13.0 Å². The van der Waals surface area contributed by atoms with Crippen LogP contribution in [0.3, 0.4) is 0 Å². The van der Waals surface area contributed by atoms with Gasteiger partial charge in [-0.05, 0) is 64.2 Å². The van der Waals surface area contributed by atoms with Crippen molar-refractivity contribution in [1.82, 2.24) is 14.3 Å². The second-order valence-corrected chi connectivity index (χ2v) is 13.5. The summed E-state index contributed by atoms with van der Waals surface area (Å²) >= 11 is 0. The number of nitrogens with one attached hydrogen (secondary N) is 1. The Kier molecular flexibility index (Phi) is 8.97. The fourth-order valence-electron chi connectivity index (χ4n) is 6.00. The van der Waals surface area contributed by atoms with E-state index in [1.54, 1.807) is 30.3 Å². The molecule has 47 heavy (non-hydrogen) atoms. The molecule has 9 heteroatoms. The van der Waals surface area contributed by atoms with Crippen molar-refractivity contribution >= 4 is 21.1 Å². The van der Waals surface area contributed by atoms with Crippen molar-refractivity contribution < 1.29 is 23.0 Å². The van der Waals surface area contributed by atoms with Gasteiger partial charge in [-0.1, -0.05) is 91.0 Å². The molecular weight excluding hydrogens is 611 g/mol. The zero-order valence-electron chi connectivity index (χ0n) is 25.6. The first-order valence-corrected chi connectivity index (χ1v) is 17.1. The Morgan fingerprint density at radius 3 is 2.32 bits per heavy atom. The zero-order chi connectivity index (χ0) is 32.2. The number of aromatic nitrogens is 2. The largest absolute Gasteiger partial charge is 0.392 e. The summed E-state index contributed by atoms with van der Waals surface area (Å²) in [6.07, 6.45) is 1.52. The number of hydrogen-bond acceptors (Lipinski definition) is 6. The van der Waals surface area contributed by atoms with Crippen molar-refractivity contribution in [2.24, 2.45) is 0 Å². The van der Waals surface area contributed by atoms with E-state index in [9.17, 15) is 13.5 Å². The molecule has 7 rings (SSSR count). The molecule has 1 fully saturated rings. The molecule has 0 amide bonds. The number of nitrogens with zero attached hydrogens (tertiary/aromatic N) is 2. The van der Waals surface area contributed by atoms with Crippen LogP contribution in [0.1, 0.15) is 41.1 Å². The van der Waals surface area contributed by atoms with Gasteiger partial charge in [-0.25, -0.2) is 18.1 Å². The number of sulfonamides is 1. The standard InChI is InChI=1S/C38H35N3O5S/c42-25-27-16-18-29(19-17-27)37-22-33(24-41-26-39-35-14-4-5-15-36(35)41)45-38(46-37)32-11-7-10-31(21-32)30-9-6-8-28(20-30)23-40-47(43,44)34-12-2-1-3-13-34/h1-21,26,33,37-38,40,42H,22-25H2.